The molecule has 0 heterocycles. The molecular weight excluding hydrogens is 277 g/mol. The zero-order chi connectivity index (χ0) is 14.5. The Labute approximate surface area is 123 Å². The summed E-state index contributed by atoms with van der Waals surface area (Å²) in [5.41, 5.74) is 7.74. The summed E-state index contributed by atoms with van der Waals surface area (Å²) in [5, 5.41) is 0.113. The lowest BCUT2D eigenvalue weighted by Gasteiger charge is -2.15. The lowest BCUT2D eigenvalue weighted by Crippen LogP contribution is -2.10. The highest BCUT2D eigenvalue weighted by Crippen LogP contribution is 2.26. The van der Waals surface area contributed by atoms with Gasteiger partial charge in [-0.15, -0.1) is 0 Å². The summed E-state index contributed by atoms with van der Waals surface area (Å²) in [7, 11) is 0. The molecule has 1 atom stereocenters. The molecule has 0 aliphatic carbocycles. The van der Waals surface area contributed by atoms with Gasteiger partial charge in [0, 0.05) is 11.6 Å². The Kier molecular flexibility index (Phi) is 4.99. The maximum atomic E-state index is 13.4. The number of ether oxygens (including phenoxy) is 1. The first-order chi connectivity index (χ1) is 9.61. The third-order valence-corrected chi connectivity index (χ3v) is 3.44. The third kappa shape index (κ3) is 3.50. The Bertz CT molecular complexity index is 588. The van der Waals surface area contributed by atoms with Crippen LogP contribution in [0, 0.1) is 5.82 Å². The van der Waals surface area contributed by atoms with Gasteiger partial charge in [0.25, 0.3) is 0 Å². The predicted octanol–water partition coefficient (Wildman–Crippen LogP) is 4.47. The van der Waals surface area contributed by atoms with Crippen molar-refractivity contribution in [1.82, 2.24) is 0 Å². The van der Waals surface area contributed by atoms with Crippen molar-refractivity contribution in [1.29, 1.82) is 0 Å². The lowest BCUT2D eigenvalue weighted by atomic mass is 10.0. The number of para-hydroxylation sites is 1. The quantitative estimate of drug-likeness (QED) is 0.883. The van der Waals surface area contributed by atoms with Gasteiger partial charge in [0.2, 0.25) is 0 Å². The molecule has 0 bridgehead atoms. The second kappa shape index (κ2) is 6.73. The molecular formula is C16H17ClFNO. The number of benzene rings is 2. The Balaban J connectivity index is 2.12. The van der Waals surface area contributed by atoms with Crippen molar-refractivity contribution in [2.24, 2.45) is 5.73 Å². The fourth-order valence-electron chi connectivity index (χ4n) is 1.93. The molecule has 0 aromatic heterocycles. The van der Waals surface area contributed by atoms with Crippen LogP contribution in [0.3, 0.4) is 0 Å². The first-order valence-electron chi connectivity index (χ1n) is 6.53. The van der Waals surface area contributed by atoms with Gasteiger partial charge in [-0.05, 0) is 30.2 Å². The van der Waals surface area contributed by atoms with Crippen LogP contribution < -0.4 is 10.5 Å². The van der Waals surface area contributed by atoms with E-state index in [1.54, 1.807) is 6.07 Å². The summed E-state index contributed by atoms with van der Waals surface area (Å²) < 4.78 is 19.1. The largest absolute Gasteiger partial charge is 0.489 e. The Morgan fingerprint density at radius 3 is 2.70 bits per heavy atom. The van der Waals surface area contributed by atoms with E-state index < -0.39 is 5.82 Å². The smallest absolute Gasteiger partial charge is 0.142 e. The fourth-order valence-corrected chi connectivity index (χ4v) is 2.05. The Morgan fingerprint density at radius 2 is 2.00 bits per heavy atom. The first-order valence-corrected chi connectivity index (χ1v) is 6.91. The highest BCUT2D eigenvalue weighted by Gasteiger charge is 2.10. The van der Waals surface area contributed by atoms with Crippen LogP contribution in [-0.4, -0.2) is 0 Å². The summed E-state index contributed by atoms with van der Waals surface area (Å²) in [5.74, 6) is 0.295. The molecule has 1 unspecified atom stereocenters. The molecule has 0 radical (unpaired) electrons. The van der Waals surface area contributed by atoms with Crippen LogP contribution in [0.25, 0.3) is 0 Å². The van der Waals surface area contributed by atoms with Crippen LogP contribution in [-0.2, 0) is 6.61 Å². The number of nitrogens with two attached hydrogens (primary N) is 1. The molecule has 2 nitrogen and oxygen atoms in total. The maximum absolute atomic E-state index is 13.4. The Hall–Kier alpha value is -1.58. The first kappa shape index (κ1) is 14.8. The second-order valence-corrected chi connectivity index (χ2v) is 5.00. The SMILES string of the molecule is CCC(N)c1ccccc1OCc1ccc(Cl)c(F)c1. The summed E-state index contributed by atoms with van der Waals surface area (Å²) in [6.07, 6.45) is 0.829. The molecule has 0 spiro atoms. The summed E-state index contributed by atoms with van der Waals surface area (Å²) in [4.78, 5) is 0. The van der Waals surface area contributed by atoms with Crippen LogP contribution >= 0.6 is 11.6 Å². The minimum atomic E-state index is -0.439. The van der Waals surface area contributed by atoms with E-state index in [0.29, 0.717) is 0 Å². The minimum Gasteiger partial charge on any atom is -0.489 e. The molecule has 0 aliphatic rings. The molecule has 2 aromatic rings. The molecule has 0 saturated heterocycles. The van der Waals surface area contributed by atoms with E-state index >= 15 is 0 Å². The molecule has 0 aliphatic heterocycles. The zero-order valence-corrected chi connectivity index (χ0v) is 12.0. The van der Waals surface area contributed by atoms with Gasteiger partial charge in [-0.3, -0.25) is 0 Å². The van der Waals surface area contributed by atoms with Gasteiger partial charge in [0.15, 0.2) is 0 Å². The van der Waals surface area contributed by atoms with E-state index in [2.05, 4.69) is 0 Å². The second-order valence-electron chi connectivity index (χ2n) is 4.59. The van der Waals surface area contributed by atoms with Gasteiger partial charge in [-0.25, -0.2) is 4.39 Å². The van der Waals surface area contributed by atoms with E-state index in [1.165, 1.54) is 12.1 Å². The third-order valence-electron chi connectivity index (χ3n) is 3.14. The van der Waals surface area contributed by atoms with Gasteiger partial charge in [-0.2, -0.15) is 0 Å². The number of rotatable bonds is 5. The Morgan fingerprint density at radius 1 is 1.25 bits per heavy atom. The molecule has 2 aromatic carbocycles. The molecule has 106 valence electrons. The molecule has 4 heteroatoms. The van der Waals surface area contributed by atoms with Gasteiger partial charge in [-0.1, -0.05) is 42.8 Å². The monoisotopic (exact) mass is 293 g/mol. The summed E-state index contributed by atoms with van der Waals surface area (Å²) in [6.45, 7) is 2.30. The zero-order valence-electron chi connectivity index (χ0n) is 11.3. The molecule has 2 N–H and O–H groups in total. The average molecular weight is 294 g/mol. The van der Waals surface area contributed by atoms with E-state index in [4.69, 9.17) is 22.1 Å². The van der Waals surface area contributed by atoms with Crippen molar-refractivity contribution in [2.45, 2.75) is 26.0 Å². The van der Waals surface area contributed by atoms with E-state index in [-0.39, 0.29) is 17.7 Å². The maximum Gasteiger partial charge on any atom is 0.142 e. The highest BCUT2D eigenvalue weighted by atomic mass is 35.5. The van der Waals surface area contributed by atoms with Crippen LogP contribution in [0.2, 0.25) is 5.02 Å². The van der Waals surface area contributed by atoms with E-state index in [1.807, 2.05) is 31.2 Å². The molecule has 20 heavy (non-hydrogen) atoms. The van der Waals surface area contributed by atoms with Crippen molar-refractivity contribution in [3.8, 4) is 5.75 Å². The van der Waals surface area contributed by atoms with E-state index in [9.17, 15) is 4.39 Å². The molecule has 0 amide bonds. The predicted molar refractivity (Wildman–Crippen MR) is 79.4 cm³/mol. The number of hydrogen-bond donors (Lipinski definition) is 1. The van der Waals surface area contributed by atoms with Gasteiger partial charge < -0.3 is 10.5 Å². The van der Waals surface area contributed by atoms with Gasteiger partial charge in [0.1, 0.15) is 18.2 Å². The van der Waals surface area contributed by atoms with Crippen molar-refractivity contribution in [3.63, 3.8) is 0 Å². The van der Waals surface area contributed by atoms with Crippen molar-refractivity contribution < 1.29 is 9.13 Å². The van der Waals surface area contributed by atoms with Crippen LogP contribution in [0.1, 0.15) is 30.5 Å². The number of hydrogen-bond acceptors (Lipinski definition) is 2. The van der Waals surface area contributed by atoms with Crippen molar-refractivity contribution >= 4 is 11.6 Å². The van der Waals surface area contributed by atoms with E-state index in [0.717, 1.165) is 23.3 Å². The minimum absolute atomic E-state index is 0.0619. The standard InChI is InChI=1S/C16H17ClFNO/c1-2-15(19)12-5-3-4-6-16(12)20-10-11-7-8-13(17)14(18)9-11/h3-9,15H,2,10,19H2,1H3. The van der Waals surface area contributed by atoms with Gasteiger partial charge >= 0.3 is 0 Å². The topological polar surface area (TPSA) is 35.2 Å². The van der Waals surface area contributed by atoms with Crippen LogP contribution in [0.15, 0.2) is 42.5 Å². The number of halogens is 2. The highest BCUT2D eigenvalue weighted by molar-refractivity contribution is 6.30. The summed E-state index contributed by atoms with van der Waals surface area (Å²) in [6, 6.07) is 12.2. The van der Waals surface area contributed by atoms with Crippen molar-refractivity contribution in [2.75, 3.05) is 0 Å². The molecule has 0 saturated carbocycles. The average Bonchev–Trinajstić information content (AvgIpc) is 2.48. The summed E-state index contributed by atoms with van der Waals surface area (Å²) >= 11 is 5.65. The molecule has 2 rings (SSSR count). The van der Waals surface area contributed by atoms with Crippen molar-refractivity contribution in [3.05, 3.63) is 64.4 Å². The normalized spacial score (nSPS) is 12.2. The fraction of sp³-hybridized carbons (Fsp3) is 0.250. The van der Waals surface area contributed by atoms with Gasteiger partial charge in [0.05, 0.1) is 5.02 Å². The van der Waals surface area contributed by atoms with Crippen LogP contribution in [0.4, 0.5) is 4.39 Å². The molecule has 0 fully saturated rings. The lowest BCUT2D eigenvalue weighted by molar-refractivity contribution is 0.300. The van der Waals surface area contributed by atoms with Crippen LogP contribution in [0.5, 0.6) is 5.75 Å².